The van der Waals surface area contributed by atoms with Gasteiger partial charge in [0.15, 0.2) is 11.5 Å². The van der Waals surface area contributed by atoms with E-state index >= 15 is 0 Å². The number of aryl methyl sites for hydroxylation is 1. The second-order valence-electron chi connectivity index (χ2n) is 4.48. The molecule has 3 rings (SSSR count). The first-order chi connectivity index (χ1) is 9.35. The van der Waals surface area contributed by atoms with E-state index in [2.05, 4.69) is 22.4 Å². The largest absolute Gasteiger partial charge is 0.441 e. The predicted molar refractivity (Wildman–Crippen MR) is 77.2 cm³/mol. The smallest absolute Gasteiger partial charge is 0.195 e. The van der Waals surface area contributed by atoms with Gasteiger partial charge in [0.25, 0.3) is 0 Å². The lowest BCUT2D eigenvalue weighted by atomic mass is 10.2. The summed E-state index contributed by atoms with van der Waals surface area (Å²) in [5, 5.41) is 3.40. The second-order valence-corrected chi connectivity index (χ2v) is 4.48. The van der Waals surface area contributed by atoms with Gasteiger partial charge in [-0.05, 0) is 23.8 Å². The Labute approximate surface area is 112 Å². The van der Waals surface area contributed by atoms with Gasteiger partial charge in [0.05, 0.1) is 0 Å². The highest BCUT2D eigenvalue weighted by Gasteiger charge is 2.04. The predicted octanol–water partition coefficient (Wildman–Crippen LogP) is 4.00. The van der Waals surface area contributed by atoms with Crippen molar-refractivity contribution in [1.82, 2.24) is 4.98 Å². The maximum Gasteiger partial charge on any atom is 0.195 e. The van der Waals surface area contributed by atoms with E-state index in [-0.39, 0.29) is 0 Å². The molecular weight excluding hydrogens is 236 g/mol. The lowest BCUT2D eigenvalue weighted by Crippen LogP contribution is -1.98. The third-order valence-corrected chi connectivity index (χ3v) is 3.07. The number of fused-ring (bicyclic) bond motifs is 1. The zero-order chi connectivity index (χ0) is 13.1. The van der Waals surface area contributed by atoms with E-state index in [1.165, 1.54) is 5.56 Å². The highest BCUT2D eigenvalue weighted by molar-refractivity contribution is 5.77. The maximum absolute atomic E-state index is 5.60. The summed E-state index contributed by atoms with van der Waals surface area (Å²) < 4.78 is 5.60. The van der Waals surface area contributed by atoms with Crippen molar-refractivity contribution in [2.45, 2.75) is 19.9 Å². The van der Waals surface area contributed by atoms with Gasteiger partial charge in [-0.2, -0.15) is 0 Å². The van der Waals surface area contributed by atoms with Gasteiger partial charge >= 0.3 is 0 Å². The molecule has 0 radical (unpaired) electrons. The molecule has 1 heterocycles. The van der Waals surface area contributed by atoms with Gasteiger partial charge in [-0.3, -0.25) is 0 Å². The molecule has 0 bridgehead atoms. The summed E-state index contributed by atoms with van der Waals surface area (Å²) in [4.78, 5) is 4.44. The van der Waals surface area contributed by atoms with Crippen LogP contribution in [-0.4, -0.2) is 4.98 Å². The van der Waals surface area contributed by atoms with E-state index in [1.807, 2.05) is 43.3 Å². The first-order valence-corrected chi connectivity index (χ1v) is 6.52. The standard InChI is InChI=1S/C16H16N2O/c1-2-16-18-14-10-13(8-9-15(14)19-16)17-11-12-6-4-3-5-7-12/h3-10,17H,2,11H2,1H3. The molecule has 0 aliphatic heterocycles. The number of nitrogens with zero attached hydrogens (tertiary/aromatic N) is 1. The number of oxazole rings is 1. The van der Waals surface area contributed by atoms with Crippen molar-refractivity contribution < 1.29 is 4.42 Å². The number of benzene rings is 2. The highest BCUT2D eigenvalue weighted by Crippen LogP contribution is 2.20. The number of hydrogen-bond donors (Lipinski definition) is 1. The van der Waals surface area contributed by atoms with Gasteiger partial charge in [-0.1, -0.05) is 37.3 Å². The van der Waals surface area contributed by atoms with Crippen molar-refractivity contribution >= 4 is 16.8 Å². The average molecular weight is 252 g/mol. The number of hydrogen-bond acceptors (Lipinski definition) is 3. The van der Waals surface area contributed by atoms with Crippen molar-refractivity contribution in [3.8, 4) is 0 Å². The minimum absolute atomic E-state index is 0.787. The molecule has 0 fully saturated rings. The number of anilines is 1. The Morgan fingerprint density at radius 3 is 2.74 bits per heavy atom. The molecule has 3 heteroatoms. The average Bonchev–Trinajstić information content (AvgIpc) is 2.88. The first kappa shape index (κ1) is 11.8. The normalized spacial score (nSPS) is 10.8. The van der Waals surface area contributed by atoms with Crippen LogP contribution in [0.2, 0.25) is 0 Å². The van der Waals surface area contributed by atoms with E-state index in [0.717, 1.165) is 35.6 Å². The molecule has 19 heavy (non-hydrogen) atoms. The zero-order valence-electron chi connectivity index (χ0n) is 10.9. The van der Waals surface area contributed by atoms with Crippen LogP contribution in [-0.2, 0) is 13.0 Å². The second kappa shape index (κ2) is 5.14. The third kappa shape index (κ3) is 2.60. The summed E-state index contributed by atoms with van der Waals surface area (Å²) >= 11 is 0. The van der Waals surface area contributed by atoms with E-state index in [1.54, 1.807) is 0 Å². The van der Waals surface area contributed by atoms with Gasteiger partial charge in [0, 0.05) is 18.7 Å². The molecule has 0 amide bonds. The van der Waals surface area contributed by atoms with Crippen molar-refractivity contribution in [1.29, 1.82) is 0 Å². The molecule has 0 atom stereocenters. The summed E-state index contributed by atoms with van der Waals surface area (Å²) in [6.07, 6.45) is 0.821. The van der Waals surface area contributed by atoms with Crippen LogP contribution < -0.4 is 5.32 Å². The fourth-order valence-electron chi connectivity index (χ4n) is 2.04. The molecule has 0 saturated carbocycles. The van der Waals surface area contributed by atoms with Crippen molar-refractivity contribution in [3.05, 3.63) is 60.0 Å². The van der Waals surface area contributed by atoms with E-state index < -0.39 is 0 Å². The van der Waals surface area contributed by atoms with Crippen LogP contribution >= 0.6 is 0 Å². The Kier molecular flexibility index (Phi) is 3.19. The van der Waals surface area contributed by atoms with Gasteiger partial charge in [-0.25, -0.2) is 4.98 Å². The molecule has 1 aromatic heterocycles. The van der Waals surface area contributed by atoms with E-state index in [4.69, 9.17) is 4.42 Å². The highest BCUT2D eigenvalue weighted by atomic mass is 16.3. The fourth-order valence-corrected chi connectivity index (χ4v) is 2.04. The van der Waals surface area contributed by atoms with Gasteiger partial charge < -0.3 is 9.73 Å². The molecule has 2 aromatic carbocycles. The zero-order valence-corrected chi connectivity index (χ0v) is 10.9. The molecule has 0 spiro atoms. The molecule has 0 unspecified atom stereocenters. The quantitative estimate of drug-likeness (QED) is 0.762. The van der Waals surface area contributed by atoms with Crippen LogP contribution in [0.15, 0.2) is 52.9 Å². The van der Waals surface area contributed by atoms with Gasteiger partial charge in [0.1, 0.15) is 5.52 Å². The molecule has 0 aliphatic carbocycles. The summed E-state index contributed by atoms with van der Waals surface area (Å²) in [5.41, 5.74) is 4.08. The van der Waals surface area contributed by atoms with Crippen molar-refractivity contribution in [3.63, 3.8) is 0 Å². The molecule has 3 nitrogen and oxygen atoms in total. The van der Waals surface area contributed by atoms with Crippen LogP contribution in [0.25, 0.3) is 11.1 Å². The lowest BCUT2D eigenvalue weighted by Gasteiger charge is -2.05. The molecule has 1 N–H and O–H groups in total. The number of rotatable bonds is 4. The number of nitrogens with one attached hydrogen (secondary N) is 1. The van der Waals surface area contributed by atoms with Crippen LogP contribution in [0.4, 0.5) is 5.69 Å². The molecular formula is C16H16N2O. The van der Waals surface area contributed by atoms with Crippen LogP contribution in [0.3, 0.4) is 0 Å². The molecule has 96 valence electrons. The Morgan fingerprint density at radius 1 is 1.11 bits per heavy atom. The topological polar surface area (TPSA) is 38.1 Å². The number of aromatic nitrogens is 1. The van der Waals surface area contributed by atoms with Gasteiger partial charge in [-0.15, -0.1) is 0 Å². The Hall–Kier alpha value is -2.29. The molecule has 3 aromatic rings. The first-order valence-electron chi connectivity index (χ1n) is 6.52. The van der Waals surface area contributed by atoms with Crippen LogP contribution in [0.1, 0.15) is 18.4 Å². The summed E-state index contributed by atoms with van der Waals surface area (Å²) in [6.45, 7) is 2.85. The molecule has 0 aliphatic rings. The SMILES string of the molecule is CCc1nc2cc(NCc3ccccc3)ccc2o1. The minimum atomic E-state index is 0.787. The summed E-state index contributed by atoms with van der Waals surface area (Å²) in [6, 6.07) is 16.4. The fraction of sp³-hybridized carbons (Fsp3) is 0.188. The van der Waals surface area contributed by atoms with E-state index in [0.29, 0.717) is 0 Å². The monoisotopic (exact) mass is 252 g/mol. The Bertz CT molecular complexity index is 674. The van der Waals surface area contributed by atoms with Crippen molar-refractivity contribution in [2.75, 3.05) is 5.32 Å². The van der Waals surface area contributed by atoms with Crippen LogP contribution in [0.5, 0.6) is 0 Å². The summed E-state index contributed by atoms with van der Waals surface area (Å²) in [7, 11) is 0. The van der Waals surface area contributed by atoms with Crippen LogP contribution in [0, 0.1) is 0 Å². The summed E-state index contributed by atoms with van der Waals surface area (Å²) in [5.74, 6) is 0.787. The minimum Gasteiger partial charge on any atom is -0.441 e. The van der Waals surface area contributed by atoms with E-state index in [9.17, 15) is 0 Å². The molecule has 0 saturated heterocycles. The Morgan fingerprint density at radius 2 is 1.95 bits per heavy atom. The lowest BCUT2D eigenvalue weighted by molar-refractivity contribution is 0.538. The maximum atomic E-state index is 5.60. The third-order valence-electron chi connectivity index (χ3n) is 3.07. The van der Waals surface area contributed by atoms with Gasteiger partial charge in [0.2, 0.25) is 0 Å². The van der Waals surface area contributed by atoms with Crippen molar-refractivity contribution in [2.24, 2.45) is 0 Å². The Balaban J connectivity index is 1.78.